The fourth-order valence-electron chi connectivity index (χ4n) is 2.04. The van der Waals surface area contributed by atoms with Crippen molar-refractivity contribution >= 4 is 5.57 Å². The maximum Gasteiger partial charge on any atom is 0.139 e. The minimum Gasteiger partial charge on any atom is -0.509 e. The molecule has 0 fully saturated rings. The average molecular weight is 298 g/mol. The molecule has 118 valence electrons. The molecule has 6 nitrogen and oxygen atoms in total. The summed E-state index contributed by atoms with van der Waals surface area (Å²) in [5.74, 6) is -0.472. The number of hydrogen-bond donors (Lipinski definition) is 6. The van der Waals surface area contributed by atoms with Crippen LogP contribution >= 0.6 is 0 Å². The molecule has 4 unspecified atom stereocenters. The van der Waals surface area contributed by atoms with Gasteiger partial charge in [0.1, 0.15) is 30.2 Å². The van der Waals surface area contributed by atoms with Crippen LogP contribution in [0.4, 0.5) is 0 Å². The van der Waals surface area contributed by atoms with E-state index in [1.165, 1.54) is 0 Å². The molecule has 0 aliphatic heterocycles. The van der Waals surface area contributed by atoms with Crippen LogP contribution in [0.5, 0.6) is 0 Å². The predicted molar refractivity (Wildman–Crippen MR) is 77.4 cm³/mol. The first-order valence-corrected chi connectivity index (χ1v) is 6.74. The zero-order valence-electron chi connectivity index (χ0n) is 11.8. The van der Waals surface area contributed by atoms with Gasteiger partial charge in [0.15, 0.2) is 0 Å². The number of allylic oxidation sites excluding steroid dienone is 1. The highest BCUT2D eigenvalue weighted by Crippen LogP contribution is 2.24. The van der Waals surface area contributed by atoms with E-state index in [0.29, 0.717) is 17.6 Å². The van der Waals surface area contributed by atoms with Crippen LogP contribution in [0.2, 0.25) is 0 Å². The lowest BCUT2D eigenvalue weighted by molar-refractivity contribution is -0.112. The summed E-state index contributed by atoms with van der Waals surface area (Å²) in [6.07, 6.45) is -6.57. The largest absolute Gasteiger partial charge is 0.509 e. The van der Waals surface area contributed by atoms with Crippen LogP contribution in [0.3, 0.4) is 0 Å². The first-order chi connectivity index (χ1) is 9.93. The van der Waals surface area contributed by atoms with Gasteiger partial charge in [0.2, 0.25) is 0 Å². The van der Waals surface area contributed by atoms with Gasteiger partial charge in [0.25, 0.3) is 0 Å². The summed E-state index contributed by atoms with van der Waals surface area (Å²) < 4.78 is 0. The second-order valence-corrected chi connectivity index (χ2v) is 4.76. The Labute approximate surface area is 123 Å². The lowest BCUT2D eigenvalue weighted by atomic mass is 9.95. The van der Waals surface area contributed by atoms with E-state index in [1.807, 2.05) is 0 Å². The van der Waals surface area contributed by atoms with Gasteiger partial charge in [-0.2, -0.15) is 0 Å². The fraction of sp³-hybridized carbons (Fsp3) is 0.467. The highest BCUT2D eigenvalue weighted by atomic mass is 16.4. The SMILES string of the molecule is CCC(=C(O)C(O)C(O)C(O)C(O)CO)c1ccccc1. The molecule has 0 saturated carbocycles. The molecule has 1 aromatic carbocycles. The minimum atomic E-state index is -1.82. The third kappa shape index (κ3) is 4.26. The van der Waals surface area contributed by atoms with Crippen LogP contribution < -0.4 is 0 Å². The molecule has 0 amide bonds. The Bertz CT molecular complexity index is 458. The summed E-state index contributed by atoms with van der Waals surface area (Å²) >= 11 is 0. The van der Waals surface area contributed by atoms with Gasteiger partial charge in [0, 0.05) is 0 Å². The quantitative estimate of drug-likeness (QED) is 0.388. The number of hydrogen-bond acceptors (Lipinski definition) is 6. The van der Waals surface area contributed by atoms with Gasteiger partial charge in [-0.3, -0.25) is 0 Å². The number of aliphatic hydroxyl groups is 6. The van der Waals surface area contributed by atoms with Crippen molar-refractivity contribution in [1.82, 2.24) is 0 Å². The van der Waals surface area contributed by atoms with Gasteiger partial charge >= 0.3 is 0 Å². The predicted octanol–water partition coefficient (Wildman–Crippen LogP) is -0.198. The maximum absolute atomic E-state index is 10.1. The van der Waals surface area contributed by atoms with Gasteiger partial charge in [-0.05, 0) is 17.6 Å². The molecule has 0 aromatic heterocycles. The van der Waals surface area contributed by atoms with E-state index in [0.717, 1.165) is 0 Å². The van der Waals surface area contributed by atoms with Gasteiger partial charge in [-0.15, -0.1) is 0 Å². The molecule has 4 atom stereocenters. The normalized spacial score (nSPS) is 18.6. The van der Waals surface area contributed by atoms with Crippen LogP contribution in [0, 0.1) is 0 Å². The van der Waals surface area contributed by atoms with Gasteiger partial charge in [-0.1, -0.05) is 37.3 Å². The maximum atomic E-state index is 10.1. The van der Waals surface area contributed by atoms with E-state index in [9.17, 15) is 25.5 Å². The standard InChI is InChI=1S/C15H22O6/c1-2-10(9-6-4-3-5-7-9)12(18)14(20)15(21)13(19)11(17)8-16/h3-7,11,13-21H,2,8H2,1H3. The second kappa shape index (κ2) is 8.11. The van der Waals surface area contributed by atoms with Crippen molar-refractivity contribution in [3.8, 4) is 0 Å². The Kier molecular flexibility index (Phi) is 6.80. The van der Waals surface area contributed by atoms with Gasteiger partial charge in [-0.25, -0.2) is 0 Å². The molecule has 1 aromatic rings. The van der Waals surface area contributed by atoms with E-state index >= 15 is 0 Å². The van der Waals surface area contributed by atoms with Crippen molar-refractivity contribution in [3.63, 3.8) is 0 Å². The molecular weight excluding hydrogens is 276 g/mol. The van der Waals surface area contributed by atoms with Crippen LogP contribution in [-0.4, -0.2) is 61.7 Å². The minimum absolute atomic E-state index is 0.401. The Morgan fingerprint density at radius 3 is 2.05 bits per heavy atom. The number of aliphatic hydroxyl groups excluding tert-OH is 6. The summed E-state index contributed by atoms with van der Waals surface area (Å²) in [5, 5.41) is 57.4. The lowest BCUT2D eigenvalue weighted by Crippen LogP contribution is -2.46. The molecular formula is C15H22O6. The molecule has 1 rings (SSSR count). The van der Waals surface area contributed by atoms with Crippen LogP contribution in [0.1, 0.15) is 18.9 Å². The van der Waals surface area contributed by atoms with Gasteiger partial charge in [0.05, 0.1) is 6.61 Å². The van der Waals surface area contributed by atoms with Crippen molar-refractivity contribution in [1.29, 1.82) is 0 Å². The van der Waals surface area contributed by atoms with E-state index in [-0.39, 0.29) is 0 Å². The highest BCUT2D eigenvalue weighted by molar-refractivity contribution is 5.67. The van der Waals surface area contributed by atoms with Crippen molar-refractivity contribution in [2.45, 2.75) is 37.8 Å². The molecule has 0 heterocycles. The summed E-state index contributed by atoms with van der Waals surface area (Å²) in [4.78, 5) is 0. The van der Waals surface area contributed by atoms with Crippen LogP contribution in [0.15, 0.2) is 36.1 Å². The monoisotopic (exact) mass is 298 g/mol. The van der Waals surface area contributed by atoms with Crippen LogP contribution in [0.25, 0.3) is 5.57 Å². The van der Waals surface area contributed by atoms with Crippen LogP contribution in [-0.2, 0) is 0 Å². The molecule has 0 spiro atoms. The average Bonchev–Trinajstić information content (AvgIpc) is 2.53. The molecule has 0 bridgehead atoms. The second-order valence-electron chi connectivity index (χ2n) is 4.76. The van der Waals surface area contributed by atoms with Crippen molar-refractivity contribution in [2.75, 3.05) is 6.61 Å². The van der Waals surface area contributed by atoms with Crippen molar-refractivity contribution < 1.29 is 30.6 Å². The Morgan fingerprint density at radius 1 is 1.00 bits per heavy atom. The first kappa shape index (κ1) is 17.6. The molecule has 0 aliphatic carbocycles. The lowest BCUT2D eigenvalue weighted by Gasteiger charge is -2.26. The Morgan fingerprint density at radius 2 is 1.57 bits per heavy atom. The third-order valence-corrected chi connectivity index (χ3v) is 3.32. The zero-order chi connectivity index (χ0) is 16.0. The summed E-state index contributed by atoms with van der Waals surface area (Å²) in [5.41, 5.74) is 1.11. The topological polar surface area (TPSA) is 121 Å². The zero-order valence-corrected chi connectivity index (χ0v) is 11.8. The Balaban J connectivity index is 3.02. The van der Waals surface area contributed by atoms with E-state index in [4.69, 9.17) is 5.11 Å². The molecule has 21 heavy (non-hydrogen) atoms. The van der Waals surface area contributed by atoms with Crippen molar-refractivity contribution in [2.24, 2.45) is 0 Å². The highest BCUT2D eigenvalue weighted by Gasteiger charge is 2.33. The summed E-state index contributed by atoms with van der Waals surface area (Å²) in [7, 11) is 0. The molecule has 0 aliphatic rings. The molecule has 0 radical (unpaired) electrons. The smallest absolute Gasteiger partial charge is 0.139 e. The van der Waals surface area contributed by atoms with Crippen molar-refractivity contribution in [3.05, 3.63) is 41.7 Å². The summed E-state index contributed by atoms with van der Waals surface area (Å²) in [6.45, 7) is 1.01. The molecule has 0 saturated heterocycles. The molecule has 6 N–H and O–H groups in total. The third-order valence-electron chi connectivity index (χ3n) is 3.32. The number of benzene rings is 1. The van der Waals surface area contributed by atoms with E-state index < -0.39 is 36.8 Å². The van der Waals surface area contributed by atoms with Gasteiger partial charge < -0.3 is 30.6 Å². The van der Waals surface area contributed by atoms with E-state index in [2.05, 4.69) is 0 Å². The number of rotatable bonds is 7. The first-order valence-electron chi connectivity index (χ1n) is 6.74. The Hall–Kier alpha value is -1.44. The molecule has 6 heteroatoms. The van der Waals surface area contributed by atoms with E-state index in [1.54, 1.807) is 37.3 Å². The fourth-order valence-corrected chi connectivity index (χ4v) is 2.04. The summed E-state index contributed by atoms with van der Waals surface area (Å²) in [6, 6.07) is 8.83.